The third-order valence-corrected chi connectivity index (χ3v) is 4.66. The van der Waals surface area contributed by atoms with Crippen molar-refractivity contribution in [1.29, 1.82) is 0 Å². The molecule has 0 saturated carbocycles. The summed E-state index contributed by atoms with van der Waals surface area (Å²) in [6.07, 6.45) is 0. The molecule has 0 aliphatic rings. The Kier molecular flexibility index (Phi) is 4.41. The van der Waals surface area contributed by atoms with Crippen LogP contribution in [-0.4, -0.2) is 0 Å². The lowest BCUT2D eigenvalue weighted by Gasteiger charge is -2.06. The number of halogens is 2. The Balaban J connectivity index is 2.01. The van der Waals surface area contributed by atoms with Gasteiger partial charge in [-0.1, -0.05) is 42.5 Å². The van der Waals surface area contributed by atoms with Crippen molar-refractivity contribution in [3.8, 4) is 22.3 Å². The maximum Gasteiger partial charge on any atom is 0.0130 e. The lowest BCUT2D eigenvalue weighted by molar-refractivity contribution is 1.56. The first-order valence-corrected chi connectivity index (χ1v) is 8.50. The van der Waals surface area contributed by atoms with Gasteiger partial charge in [0, 0.05) is 7.14 Å². The van der Waals surface area contributed by atoms with Crippen LogP contribution in [0.1, 0.15) is 0 Å². The maximum atomic E-state index is 2.33. The molecule has 3 aromatic carbocycles. The van der Waals surface area contributed by atoms with Crippen LogP contribution in [-0.2, 0) is 0 Å². The summed E-state index contributed by atoms with van der Waals surface area (Å²) >= 11 is 4.67. The van der Waals surface area contributed by atoms with E-state index < -0.39 is 0 Å². The van der Waals surface area contributed by atoms with E-state index in [4.69, 9.17) is 0 Å². The van der Waals surface area contributed by atoms with Gasteiger partial charge < -0.3 is 0 Å². The Bertz CT molecular complexity index is 652. The summed E-state index contributed by atoms with van der Waals surface area (Å²) in [5.41, 5.74) is 5.05. The highest BCUT2D eigenvalue weighted by Crippen LogP contribution is 2.27. The monoisotopic (exact) mass is 482 g/mol. The second kappa shape index (κ2) is 6.26. The van der Waals surface area contributed by atoms with E-state index in [1.165, 1.54) is 29.4 Å². The Labute approximate surface area is 146 Å². The summed E-state index contributed by atoms with van der Waals surface area (Å²) in [5.74, 6) is 0. The van der Waals surface area contributed by atoms with Crippen molar-refractivity contribution in [2.45, 2.75) is 0 Å². The maximum absolute atomic E-state index is 2.33. The van der Waals surface area contributed by atoms with Crippen LogP contribution < -0.4 is 0 Å². The Morgan fingerprint density at radius 1 is 0.450 bits per heavy atom. The molecule has 0 fully saturated rings. The van der Waals surface area contributed by atoms with E-state index in [9.17, 15) is 0 Å². The summed E-state index contributed by atoms with van der Waals surface area (Å²) in [5, 5.41) is 0. The molecule has 0 amide bonds. The molecule has 0 aliphatic carbocycles. The molecular formula is C18H12I2. The zero-order valence-electron chi connectivity index (χ0n) is 10.7. The van der Waals surface area contributed by atoms with Crippen LogP contribution in [0.3, 0.4) is 0 Å². The fourth-order valence-corrected chi connectivity index (χ4v) is 2.88. The van der Waals surface area contributed by atoms with Crippen molar-refractivity contribution < 1.29 is 0 Å². The van der Waals surface area contributed by atoms with E-state index in [1.807, 2.05) is 0 Å². The normalized spacial score (nSPS) is 10.5. The molecule has 0 spiro atoms. The standard InChI is InChI=1S/C18H12I2/c19-17-8-4-13(5-9-17)15-2-1-3-16(12-15)14-6-10-18(20)11-7-14/h1-12H. The van der Waals surface area contributed by atoms with Crippen LogP contribution in [0.15, 0.2) is 72.8 Å². The van der Waals surface area contributed by atoms with Crippen LogP contribution in [0.2, 0.25) is 0 Å². The van der Waals surface area contributed by atoms with Crippen molar-refractivity contribution in [3.63, 3.8) is 0 Å². The van der Waals surface area contributed by atoms with Gasteiger partial charge in [-0.3, -0.25) is 0 Å². The van der Waals surface area contributed by atoms with Crippen molar-refractivity contribution >= 4 is 45.2 Å². The minimum atomic E-state index is 1.26. The highest BCUT2D eigenvalue weighted by molar-refractivity contribution is 14.1. The highest BCUT2D eigenvalue weighted by atomic mass is 127. The molecule has 0 unspecified atom stereocenters. The summed E-state index contributed by atoms with van der Waals surface area (Å²) in [6.45, 7) is 0. The van der Waals surface area contributed by atoms with E-state index >= 15 is 0 Å². The van der Waals surface area contributed by atoms with Crippen LogP contribution in [0.25, 0.3) is 22.3 Å². The molecule has 0 radical (unpaired) electrons. The zero-order valence-corrected chi connectivity index (χ0v) is 15.0. The van der Waals surface area contributed by atoms with Crippen LogP contribution in [0.4, 0.5) is 0 Å². The number of rotatable bonds is 2. The SMILES string of the molecule is Ic1ccc(-c2cccc(-c3ccc(I)cc3)c2)cc1. The van der Waals surface area contributed by atoms with Crippen molar-refractivity contribution in [1.82, 2.24) is 0 Å². The molecule has 0 atom stereocenters. The Hall–Kier alpha value is -0.880. The topological polar surface area (TPSA) is 0 Å². The van der Waals surface area contributed by atoms with Crippen LogP contribution in [0.5, 0.6) is 0 Å². The molecule has 0 N–H and O–H groups in total. The number of benzene rings is 3. The predicted octanol–water partition coefficient (Wildman–Crippen LogP) is 6.23. The fraction of sp³-hybridized carbons (Fsp3) is 0. The first kappa shape index (κ1) is 14.1. The van der Waals surface area contributed by atoms with Gasteiger partial charge in [-0.25, -0.2) is 0 Å². The molecule has 0 aliphatic heterocycles. The smallest absolute Gasteiger partial charge is 0.0130 e. The number of hydrogen-bond donors (Lipinski definition) is 0. The molecule has 3 aromatic rings. The van der Waals surface area contributed by atoms with Gasteiger partial charge in [0.25, 0.3) is 0 Å². The molecule has 0 saturated heterocycles. The lowest BCUT2D eigenvalue weighted by Crippen LogP contribution is -1.82. The van der Waals surface area contributed by atoms with Crippen molar-refractivity contribution in [2.24, 2.45) is 0 Å². The minimum absolute atomic E-state index is 1.26. The molecule has 98 valence electrons. The molecule has 0 nitrogen and oxygen atoms in total. The average Bonchev–Trinajstić information content (AvgIpc) is 2.49. The fourth-order valence-electron chi connectivity index (χ4n) is 2.16. The predicted molar refractivity (Wildman–Crippen MR) is 103 cm³/mol. The van der Waals surface area contributed by atoms with Gasteiger partial charge in [-0.15, -0.1) is 0 Å². The van der Waals surface area contributed by atoms with E-state index in [0.717, 1.165) is 0 Å². The molecule has 2 heteroatoms. The third-order valence-electron chi connectivity index (χ3n) is 3.22. The Morgan fingerprint density at radius 2 is 0.850 bits per heavy atom. The quantitative estimate of drug-likeness (QED) is 0.380. The van der Waals surface area contributed by atoms with Gasteiger partial charge in [0.05, 0.1) is 0 Å². The first-order chi connectivity index (χ1) is 9.72. The number of hydrogen-bond acceptors (Lipinski definition) is 0. The van der Waals surface area contributed by atoms with Gasteiger partial charge in [-0.2, -0.15) is 0 Å². The molecule has 0 heterocycles. The van der Waals surface area contributed by atoms with Gasteiger partial charge in [0.1, 0.15) is 0 Å². The van der Waals surface area contributed by atoms with E-state index in [-0.39, 0.29) is 0 Å². The molecule has 3 rings (SSSR count). The molecule has 0 aromatic heterocycles. The lowest BCUT2D eigenvalue weighted by atomic mass is 9.99. The largest absolute Gasteiger partial charge is 0.0610 e. The van der Waals surface area contributed by atoms with Crippen LogP contribution in [0, 0.1) is 7.14 Å². The molecule has 20 heavy (non-hydrogen) atoms. The average molecular weight is 482 g/mol. The summed E-state index contributed by atoms with van der Waals surface area (Å²) in [7, 11) is 0. The summed E-state index contributed by atoms with van der Waals surface area (Å²) in [6, 6.07) is 26.0. The molecular weight excluding hydrogens is 470 g/mol. The Morgan fingerprint density at radius 3 is 1.25 bits per heavy atom. The zero-order chi connectivity index (χ0) is 13.9. The summed E-state index contributed by atoms with van der Waals surface area (Å²) in [4.78, 5) is 0. The van der Waals surface area contributed by atoms with Gasteiger partial charge in [0.15, 0.2) is 0 Å². The van der Waals surface area contributed by atoms with Gasteiger partial charge >= 0.3 is 0 Å². The first-order valence-electron chi connectivity index (χ1n) is 6.34. The third kappa shape index (κ3) is 3.23. The van der Waals surface area contributed by atoms with Gasteiger partial charge in [-0.05, 0) is 97.8 Å². The summed E-state index contributed by atoms with van der Waals surface area (Å²) < 4.78 is 2.53. The van der Waals surface area contributed by atoms with Crippen molar-refractivity contribution in [2.75, 3.05) is 0 Å². The second-order valence-electron chi connectivity index (χ2n) is 4.59. The second-order valence-corrected chi connectivity index (χ2v) is 7.09. The van der Waals surface area contributed by atoms with Crippen molar-refractivity contribution in [3.05, 3.63) is 79.9 Å². The minimum Gasteiger partial charge on any atom is -0.0610 e. The van der Waals surface area contributed by atoms with Crippen LogP contribution >= 0.6 is 45.2 Å². The van der Waals surface area contributed by atoms with E-state index in [1.54, 1.807) is 0 Å². The van der Waals surface area contributed by atoms with E-state index in [0.29, 0.717) is 0 Å². The van der Waals surface area contributed by atoms with Gasteiger partial charge in [0.2, 0.25) is 0 Å². The van der Waals surface area contributed by atoms with E-state index in [2.05, 4.69) is 118 Å². The molecule has 0 bridgehead atoms. The highest BCUT2D eigenvalue weighted by Gasteiger charge is 2.01.